The normalized spacial score (nSPS) is 18.1. The summed E-state index contributed by atoms with van der Waals surface area (Å²) < 4.78 is 10.5. The van der Waals surface area contributed by atoms with Crippen LogP contribution in [0.2, 0.25) is 0 Å². The maximum absolute atomic E-state index is 11.5. The van der Waals surface area contributed by atoms with Crippen molar-refractivity contribution in [3.63, 3.8) is 0 Å². The summed E-state index contributed by atoms with van der Waals surface area (Å²) in [5.74, 6) is 0.581. The predicted octanol–water partition coefficient (Wildman–Crippen LogP) is 1.72. The van der Waals surface area contributed by atoms with E-state index in [4.69, 9.17) is 9.47 Å². The Morgan fingerprint density at radius 1 is 1.56 bits per heavy atom. The Morgan fingerprint density at radius 3 is 2.75 bits per heavy atom. The van der Waals surface area contributed by atoms with Crippen molar-refractivity contribution in [1.29, 1.82) is 0 Å². The number of rotatable bonds is 2. The molecule has 1 atom stereocenters. The minimum absolute atomic E-state index is 0.241. The number of nitrogens with zero attached hydrogens (tertiary/aromatic N) is 1. The lowest BCUT2D eigenvalue weighted by atomic mass is 10.2. The van der Waals surface area contributed by atoms with E-state index in [9.17, 15) is 4.79 Å². The SMILES string of the molecule is C[C@H](NC(=O)OC(C)(C)C)C1=NCCCO1. The number of carbonyl (C=O) groups is 1. The Hall–Kier alpha value is -1.26. The summed E-state index contributed by atoms with van der Waals surface area (Å²) in [6, 6.07) is -0.241. The van der Waals surface area contributed by atoms with Gasteiger partial charge in [-0.2, -0.15) is 0 Å². The molecular weight excluding hydrogens is 208 g/mol. The van der Waals surface area contributed by atoms with Gasteiger partial charge in [0.05, 0.1) is 6.61 Å². The molecular formula is C11H20N2O3. The van der Waals surface area contributed by atoms with Gasteiger partial charge in [-0.15, -0.1) is 0 Å². The summed E-state index contributed by atoms with van der Waals surface area (Å²) in [5.41, 5.74) is -0.487. The van der Waals surface area contributed by atoms with Crippen LogP contribution in [-0.4, -0.2) is 36.8 Å². The zero-order chi connectivity index (χ0) is 12.2. The van der Waals surface area contributed by atoms with Gasteiger partial charge in [0, 0.05) is 13.0 Å². The molecule has 1 N–H and O–H groups in total. The summed E-state index contributed by atoms with van der Waals surface area (Å²) >= 11 is 0. The molecule has 1 rings (SSSR count). The Kier molecular flexibility index (Phi) is 4.15. The second-order valence-corrected chi connectivity index (χ2v) is 4.79. The highest BCUT2D eigenvalue weighted by molar-refractivity contribution is 5.85. The van der Waals surface area contributed by atoms with E-state index in [1.54, 1.807) is 0 Å². The molecule has 16 heavy (non-hydrogen) atoms. The van der Waals surface area contributed by atoms with E-state index in [1.807, 2.05) is 27.7 Å². The molecule has 0 unspecified atom stereocenters. The fourth-order valence-corrected chi connectivity index (χ4v) is 1.28. The summed E-state index contributed by atoms with van der Waals surface area (Å²) in [5, 5.41) is 2.69. The first-order valence-electron chi connectivity index (χ1n) is 5.55. The highest BCUT2D eigenvalue weighted by Crippen LogP contribution is 2.07. The van der Waals surface area contributed by atoms with E-state index in [0.717, 1.165) is 13.0 Å². The number of alkyl carbamates (subject to hydrolysis) is 1. The molecule has 0 saturated heterocycles. The molecule has 92 valence electrons. The van der Waals surface area contributed by atoms with Gasteiger partial charge in [0.1, 0.15) is 11.6 Å². The second kappa shape index (κ2) is 5.18. The molecule has 1 amide bonds. The zero-order valence-electron chi connectivity index (χ0n) is 10.4. The maximum atomic E-state index is 11.5. The molecule has 1 aliphatic heterocycles. The van der Waals surface area contributed by atoms with E-state index in [2.05, 4.69) is 10.3 Å². The minimum atomic E-state index is -0.487. The largest absolute Gasteiger partial charge is 0.479 e. The van der Waals surface area contributed by atoms with Crippen molar-refractivity contribution in [2.24, 2.45) is 4.99 Å². The van der Waals surface area contributed by atoms with Crippen LogP contribution in [0.15, 0.2) is 4.99 Å². The van der Waals surface area contributed by atoms with Crippen molar-refractivity contribution in [2.75, 3.05) is 13.2 Å². The molecule has 0 aromatic heterocycles. The number of carbonyl (C=O) groups excluding carboxylic acids is 1. The highest BCUT2D eigenvalue weighted by Gasteiger charge is 2.21. The van der Waals surface area contributed by atoms with E-state index in [1.165, 1.54) is 0 Å². The number of hydrogen-bond acceptors (Lipinski definition) is 4. The maximum Gasteiger partial charge on any atom is 0.408 e. The van der Waals surface area contributed by atoms with Gasteiger partial charge >= 0.3 is 6.09 Å². The Labute approximate surface area is 96.2 Å². The van der Waals surface area contributed by atoms with Gasteiger partial charge in [-0.25, -0.2) is 4.79 Å². The summed E-state index contributed by atoms with van der Waals surface area (Å²) in [4.78, 5) is 15.7. The standard InChI is InChI=1S/C11H20N2O3/c1-8(9-12-6-5-7-15-9)13-10(14)16-11(2,3)4/h8H,5-7H2,1-4H3,(H,13,14)/t8-/m0/s1. The molecule has 0 aromatic rings. The lowest BCUT2D eigenvalue weighted by Crippen LogP contribution is -2.43. The number of ether oxygens (including phenoxy) is 2. The second-order valence-electron chi connectivity index (χ2n) is 4.79. The van der Waals surface area contributed by atoms with E-state index in [-0.39, 0.29) is 6.04 Å². The quantitative estimate of drug-likeness (QED) is 0.782. The molecule has 1 heterocycles. The molecule has 1 aliphatic rings. The van der Waals surface area contributed by atoms with Crippen molar-refractivity contribution in [1.82, 2.24) is 5.32 Å². The van der Waals surface area contributed by atoms with E-state index < -0.39 is 11.7 Å². The fourth-order valence-electron chi connectivity index (χ4n) is 1.28. The summed E-state index contributed by atoms with van der Waals surface area (Å²) in [7, 11) is 0. The van der Waals surface area contributed by atoms with Crippen LogP contribution in [-0.2, 0) is 9.47 Å². The smallest absolute Gasteiger partial charge is 0.408 e. The van der Waals surface area contributed by atoms with Crippen LogP contribution < -0.4 is 5.32 Å². The van der Waals surface area contributed by atoms with Gasteiger partial charge < -0.3 is 14.8 Å². The first-order chi connectivity index (χ1) is 7.38. The van der Waals surface area contributed by atoms with Crippen LogP contribution in [0.25, 0.3) is 0 Å². The zero-order valence-corrected chi connectivity index (χ0v) is 10.4. The third-order valence-corrected chi connectivity index (χ3v) is 1.92. The van der Waals surface area contributed by atoms with Gasteiger partial charge in [-0.3, -0.25) is 4.99 Å². The monoisotopic (exact) mass is 228 g/mol. The Morgan fingerprint density at radius 2 is 2.25 bits per heavy atom. The molecule has 5 nitrogen and oxygen atoms in total. The van der Waals surface area contributed by atoms with Crippen LogP contribution in [0.1, 0.15) is 34.1 Å². The van der Waals surface area contributed by atoms with Gasteiger partial charge in [0.15, 0.2) is 0 Å². The molecule has 5 heteroatoms. The van der Waals surface area contributed by atoms with Crippen molar-refractivity contribution >= 4 is 12.0 Å². The number of hydrogen-bond donors (Lipinski definition) is 1. The van der Waals surface area contributed by atoms with Crippen LogP contribution in [0.5, 0.6) is 0 Å². The third kappa shape index (κ3) is 4.51. The molecule has 0 spiro atoms. The average molecular weight is 228 g/mol. The van der Waals surface area contributed by atoms with Crippen molar-refractivity contribution < 1.29 is 14.3 Å². The molecule has 0 aromatic carbocycles. The van der Waals surface area contributed by atoms with Crippen LogP contribution >= 0.6 is 0 Å². The lowest BCUT2D eigenvalue weighted by molar-refractivity contribution is 0.0515. The van der Waals surface area contributed by atoms with Crippen molar-refractivity contribution in [3.8, 4) is 0 Å². The number of nitrogens with one attached hydrogen (secondary N) is 1. The topological polar surface area (TPSA) is 59.9 Å². The molecule has 0 bridgehead atoms. The van der Waals surface area contributed by atoms with Gasteiger partial charge in [-0.1, -0.05) is 0 Å². The number of amides is 1. The van der Waals surface area contributed by atoms with Gasteiger partial charge in [0.2, 0.25) is 5.90 Å². The van der Waals surface area contributed by atoms with Crippen LogP contribution in [0.4, 0.5) is 4.79 Å². The minimum Gasteiger partial charge on any atom is -0.479 e. The van der Waals surface area contributed by atoms with Crippen LogP contribution in [0.3, 0.4) is 0 Å². The molecule has 0 saturated carbocycles. The highest BCUT2D eigenvalue weighted by atomic mass is 16.6. The van der Waals surface area contributed by atoms with Crippen molar-refractivity contribution in [3.05, 3.63) is 0 Å². The molecule has 0 radical (unpaired) electrons. The van der Waals surface area contributed by atoms with E-state index in [0.29, 0.717) is 12.5 Å². The third-order valence-electron chi connectivity index (χ3n) is 1.92. The Balaban J connectivity index is 2.41. The molecule has 0 aliphatic carbocycles. The van der Waals surface area contributed by atoms with Crippen LogP contribution in [0, 0.1) is 0 Å². The fraction of sp³-hybridized carbons (Fsp3) is 0.818. The first kappa shape index (κ1) is 12.8. The Bertz CT molecular complexity index is 281. The first-order valence-corrected chi connectivity index (χ1v) is 5.55. The lowest BCUT2D eigenvalue weighted by Gasteiger charge is -2.23. The summed E-state index contributed by atoms with van der Waals surface area (Å²) in [6.07, 6.45) is 0.486. The average Bonchev–Trinajstić information content (AvgIpc) is 2.16. The van der Waals surface area contributed by atoms with Gasteiger partial charge in [0.25, 0.3) is 0 Å². The predicted molar refractivity (Wildman–Crippen MR) is 61.7 cm³/mol. The number of aliphatic imine (C=N–C) groups is 1. The van der Waals surface area contributed by atoms with Gasteiger partial charge in [-0.05, 0) is 27.7 Å². The van der Waals surface area contributed by atoms with Crippen molar-refractivity contribution in [2.45, 2.75) is 45.8 Å². The van der Waals surface area contributed by atoms with E-state index >= 15 is 0 Å². The summed E-state index contributed by atoms with van der Waals surface area (Å²) in [6.45, 7) is 8.73. The molecule has 0 fully saturated rings.